The maximum absolute atomic E-state index is 15.4. The summed E-state index contributed by atoms with van der Waals surface area (Å²) in [6.45, 7) is 0. The number of hydrogen-bond donors (Lipinski definition) is 0. The molecule has 8 nitrogen and oxygen atoms in total. The Morgan fingerprint density at radius 1 is 0.370 bits per heavy atom. The fraction of sp³-hybridized carbons (Fsp3) is 0. The molecule has 2 aliphatic rings. The summed E-state index contributed by atoms with van der Waals surface area (Å²) in [5.41, 5.74) is -8.32. The van der Waals surface area contributed by atoms with Gasteiger partial charge in [-0.2, -0.15) is 0 Å². The van der Waals surface area contributed by atoms with Crippen molar-refractivity contribution in [3.05, 3.63) is 93.0 Å². The quantitative estimate of drug-likeness (QED) is 0.0650. The van der Waals surface area contributed by atoms with Crippen LogP contribution in [-0.2, 0) is 19.5 Å². The average Bonchev–Trinajstić information content (AvgIpc) is 3.87. The molecule has 54 heavy (non-hydrogen) atoms. The van der Waals surface area contributed by atoms with Gasteiger partial charge in [-0.15, -0.1) is 0 Å². The molecule has 3 aromatic heterocycles. The number of hydrogen-bond acceptors (Lipinski definition) is 6. The average molecular weight is 828 g/mol. The van der Waals surface area contributed by atoms with E-state index in [0.29, 0.717) is 0 Å². The van der Waals surface area contributed by atoms with Crippen LogP contribution in [0.5, 0.6) is 0 Å². The molecular formula is C32H3ClF12N8Zn. The second kappa shape index (κ2) is 11.9. The monoisotopic (exact) mass is 826 g/mol. The Morgan fingerprint density at radius 3 is 1.07 bits per heavy atom. The molecule has 0 N–H and O–H groups in total. The van der Waals surface area contributed by atoms with Crippen LogP contribution in [0.4, 0.5) is 52.7 Å². The first-order valence-electron chi connectivity index (χ1n) is 14.3. The molecule has 0 unspecified atom stereocenters. The number of fused-ring (bicyclic) bond motifs is 20. The fourth-order valence-corrected chi connectivity index (χ4v) is 6.14. The minimum atomic E-state index is -2.44. The molecule has 0 amide bonds. The van der Waals surface area contributed by atoms with Gasteiger partial charge < -0.3 is 29.9 Å². The maximum Gasteiger partial charge on any atom is 2.00 e. The van der Waals surface area contributed by atoms with Gasteiger partial charge in [-0.05, 0) is 22.9 Å². The number of halogens is 13. The minimum Gasteiger partial charge on any atom is -0.357 e. The summed E-state index contributed by atoms with van der Waals surface area (Å²) < 4.78 is 180. The van der Waals surface area contributed by atoms with E-state index >= 15 is 26.3 Å². The van der Waals surface area contributed by atoms with Crippen LogP contribution in [-0.4, -0.2) is 29.9 Å². The molecule has 2 aliphatic heterocycles. The molecule has 264 valence electrons. The van der Waals surface area contributed by atoms with Gasteiger partial charge in [0, 0.05) is 38.4 Å². The van der Waals surface area contributed by atoms with Crippen LogP contribution in [0.25, 0.3) is 89.7 Å². The smallest absolute Gasteiger partial charge is 0.357 e. The summed E-state index contributed by atoms with van der Waals surface area (Å²) >= 11 is 6.14. The molecule has 0 spiro atoms. The third-order valence-electron chi connectivity index (χ3n) is 8.30. The summed E-state index contributed by atoms with van der Waals surface area (Å²) in [5.74, 6) is -31.2. The van der Waals surface area contributed by atoms with Crippen LogP contribution >= 0.6 is 11.6 Å². The van der Waals surface area contributed by atoms with Crippen LogP contribution in [0.2, 0.25) is 5.02 Å². The number of aromatic nitrogens is 8. The Bertz CT molecular complexity index is 3080. The van der Waals surface area contributed by atoms with E-state index in [2.05, 4.69) is 39.9 Å². The van der Waals surface area contributed by atoms with Gasteiger partial charge in [-0.25, -0.2) is 62.7 Å². The summed E-state index contributed by atoms with van der Waals surface area (Å²) in [4.78, 5) is 30.9. The van der Waals surface area contributed by atoms with Crippen molar-refractivity contribution in [1.29, 1.82) is 0 Å². The molecule has 9 rings (SSSR count). The van der Waals surface area contributed by atoms with Gasteiger partial charge in [0.15, 0.2) is 69.8 Å². The van der Waals surface area contributed by atoms with Gasteiger partial charge >= 0.3 is 19.5 Å². The molecule has 0 radical (unpaired) electrons. The number of nitrogens with zero attached hydrogens (tertiary/aromatic N) is 8. The van der Waals surface area contributed by atoms with E-state index in [1.165, 1.54) is 18.2 Å². The van der Waals surface area contributed by atoms with Gasteiger partial charge in [-0.3, -0.25) is 0 Å². The Hall–Kier alpha value is -5.69. The second-order valence-electron chi connectivity index (χ2n) is 11.2. The minimum absolute atomic E-state index is 0. The van der Waals surface area contributed by atoms with Crippen molar-refractivity contribution in [2.75, 3.05) is 0 Å². The third kappa shape index (κ3) is 4.63. The molecule has 22 heteroatoms. The molecule has 4 aromatic carbocycles. The Balaban J connectivity index is 0.00000413. The molecule has 0 aliphatic carbocycles. The molecule has 0 atom stereocenters. The molecule has 0 saturated heterocycles. The van der Waals surface area contributed by atoms with Crippen molar-refractivity contribution in [3.63, 3.8) is 0 Å². The van der Waals surface area contributed by atoms with Gasteiger partial charge in [0.2, 0.25) is 0 Å². The number of benzene rings is 4. The number of rotatable bonds is 0. The zero-order valence-electron chi connectivity index (χ0n) is 25.4. The molecule has 0 saturated carbocycles. The van der Waals surface area contributed by atoms with Gasteiger partial charge in [0.05, 0.1) is 45.6 Å². The standard InChI is InChI=1S/C32H3ClF12N8.Zn/c33-4-1-2-5-6(3-4)26-46-25(5)47-27-7-9(15(36)21(42)19(40)13(7)34)29(49-27)51-31-11-12(18(39)24(45)23(44)17(11)38)32(53-31)52-30-10-8(28(48-26)50-30)14(35)20(41)22(43)16(10)37;/h1-3H;/q-2;+2. The van der Waals surface area contributed by atoms with Crippen molar-refractivity contribution < 1.29 is 72.2 Å². The largest absolute Gasteiger partial charge is 2.00 e. The fourth-order valence-electron chi connectivity index (χ4n) is 5.97. The van der Waals surface area contributed by atoms with Crippen molar-refractivity contribution in [1.82, 2.24) is 39.9 Å². The SMILES string of the molecule is Fc1c(F)c(F)c2c(c1F)-c1nc-2nc2[n-]c(nc3nc(nc4[n-]c(n1)c1ccc(Cl)cc41)-c1c(F)c(F)c(F)c(F)c1-3)c1c(F)c(F)c(F)c(F)c21.[Zn+2]. The van der Waals surface area contributed by atoms with Gasteiger partial charge in [0.25, 0.3) is 0 Å². The Morgan fingerprint density at radius 2 is 0.685 bits per heavy atom. The van der Waals surface area contributed by atoms with E-state index < -0.39 is 149 Å². The van der Waals surface area contributed by atoms with E-state index in [1.54, 1.807) is 0 Å². The zero-order valence-corrected chi connectivity index (χ0v) is 29.2. The topological polar surface area (TPSA) is 106 Å². The third-order valence-corrected chi connectivity index (χ3v) is 8.54. The summed E-state index contributed by atoms with van der Waals surface area (Å²) in [7, 11) is 0. The van der Waals surface area contributed by atoms with Crippen LogP contribution in [0.15, 0.2) is 18.2 Å². The van der Waals surface area contributed by atoms with E-state index in [9.17, 15) is 26.3 Å². The van der Waals surface area contributed by atoms with Crippen molar-refractivity contribution in [3.8, 4) is 45.6 Å². The van der Waals surface area contributed by atoms with Crippen molar-refractivity contribution in [2.24, 2.45) is 0 Å². The summed E-state index contributed by atoms with van der Waals surface area (Å²) in [6, 6.07) is 3.77. The molecule has 5 heterocycles. The maximum atomic E-state index is 15.4. The molecule has 0 fully saturated rings. The normalized spacial score (nSPS) is 12.0. The van der Waals surface area contributed by atoms with Crippen LogP contribution < -0.4 is 9.97 Å². The van der Waals surface area contributed by atoms with E-state index in [4.69, 9.17) is 11.6 Å². The van der Waals surface area contributed by atoms with Crippen LogP contribution in [0, 0.1) is 69.8 Å². The van der Waals surface area contributed by atoms with Crippen LogP contribution in [0.1, 0.15) is 0 Å². The Kier molecular flexibility index (Phi) is 7.80. The first kappa shape index (κ1) is 35.3. The molecule has 8 bridgehead atoms. The summed E-state index contributed by atoms with van der Waals surface area (Å²) in [6.07, 6.45) is 0. The Labute approximate surface area is 305 Å². The predicted octanol–water partition coefficient (Wildman–Crippen LogP) is 8.45. The second-order valence-corrected chi connectivity index (χ2v) is 11.6. The summed E-state index contributed by atoms with van der Waals surface area (Å²) in [5, 5.41) is -2.80. The first-order chi connectivity index (χ1) is 25.2. The van der Waals surface area contributed by atoms with Crippen LogP contribution in [0.3, 0.4) is 0 Å². The van der Waals surface area contributed by atoms with E-state index in [0.717, 1.165) is 0 Å². The predicted molar refractivity (Wildman–Crippen MR) is 158 cm³/mol. The van der Waals surface area contributed by atoms with Crippen molar-refractivity contribution in [2.45, 2.75) is 0 Å². The van der Waals surface area contributed by atoms with Gasteiger partial charge in [-0.1, -0.05) is 17.7 Å². The van der Waals surface area contributed by atoms with Gasteiger partial charge in [0.1, 0.15) is 0 Å². The zero-order chi connectivity index (χ0) is 37.5. The van der Waals surface area contributed by atoms with E-state index in [-0.39, 0.29) is 35.3 Å². The molecule has 7 aromatic rings. The van der Waals surface area contributed by atoms with E-state index in [1.807, 2.05) is 0 Å². The molecular weight excluding hydrogens is 825 g/mol. The first-order valence-corrected chi connectivity index (χ1v) is 14.7. The van der Waals surface area contributed by atoms with Crippen molar-refractivity contribution >= 4 is 55.7 Å².